The maximum absolute atomic E-state index is 12.2. The molecule has 0 radical (unpaired) electrons. The minimum Gasteiger partial charge on any atom is -0.485 e. The van der Waals surface area contributed by atoms with Crippen LogP contribution in [0.3, 0.4) is 0 Å². The standard InChI is InChI=1S/C20H25N5O2S2/c1-12(2)25-17(9-27-16-7-6-13(3)8-14(16)4)23-24-20(25)29-11-18(26)22-19-21-15(5)10-28-19/h6-8,10,12H,9,11H2,1-5H3,(H,21,22,26). The molecule has 154 valence electrons. The molecule has 0 aliphatic carbocycles. The topological polar surface area (TPSA) is 81.9 Å². The van der Waals surface area contributed by atoms with Gasteiger partial charge in [-0.3, -0.25) is 4.79 Å². The summed E-state index contributed by atoms with van der Waals surface area (Å²) in [5.41, 5.74) is 3.18. The Kier molecular flexibility index (Phi) is 6.92. The van der Waals surface area contributed by atoms with Crippen LogP contribution in [-0.4, -0.2) is 31.4 Å². The van der Waals surface area contributed by atoms with Crippen molar-refractivity contribution in [2.45, 2.75) is 52.4 Å². The van der Waals surface area contributed by atoms with E-state index in [2.05, 4.69) is 47.3 Å². The van der Waals surface area contributed by atoms with Gasteiger partial charge in [0.1, 0.15) is 12.4 Å². The first-order valence-corrected chi connectivity index (χ1v) is 11.2. The van der Waals surface area contributed by atoms with Gasteiger partial charge in [-0.25, -0.2) is 4.98 Å². The third-order valence-corrected chi connectivity index (χ3v) is 5.96. The van der Waals surface area contributed by atoms with E-state index in [1.54, 1.807) is 0 Å². The fourth-order valence-electron chi connectivity index (χ4n) is 2.82. The molecule has 0 spiro atoms. The van der Waals surface area contributed by atoms with Crippen LogP contribution in [0, 0.1) is 20.8 Å². The van der Waals surface area contributed by atoms with E-state index in [9.17, 15) is 4.79 Å². The Morgan fingerprint density at radius 3 is 2.72 bits per heavy atom. The molecule has 1 aromatic carbocycles. The highest BCUT2D eigenvalue weighted by Crippen LogP contribution is 2.24. The summed E-state index contributed by atoms with van der Waals surface area (Å²) in [7, 11) is 0. The Hall–Kier alpha value is -2.39. The van der Waals surface area contributed by atoms with Crippen molar-refractivity contribution in [3.63, 3.8) is 0 Å². The summed E-state index contributed by atoms with van der Waals surface area (Å²) < 4.78 is 7.98. The van der Waals surface area contributed by atoms with E-state index < -0.39 is 0 Å². The highest BCUT2D eigenvalue weighted by atomic mass is 32.2. The smallest absolute Gasteiger partial charge is 0.236 e. The monoisotopic (exact) mass is 431 g/mol. The average Bonchev–Trinajstić information content (AvgIpc) is 3.25. The fourth-order valence-corrected chi connectivity index (χ4v) is 4.41. The summed E-state index contributed by atoms with van der Waals surface area (Å²) in [4.78, 5) is 16.5. The molecule has 1 amide bonds. The maximum atomic E-state index is 12.2. The van der Waals surface area contributed by atoms with Gasteiger partial charge >= 0.3 is 0 Å². The molecule has 9 heteroatoms. The number of amides is 1. The molecule has 0 atom stereocenters. The fraction of sp³-hybridized carbons (Fsp3) is 0.400. The van der Waals surface area contributed by atoms with Gasteiger partial charge in [0.05, 0.1) is 11.4 Å². The van der Waals surface area contributed by atoms with Crippen molar-refractivity contribution in [1.29, 1.82) is 0 Å². The number of rotatable bonds is 8. The van der Waals surface area contributed by atoms with E-state index in [1.165, 1.54) is 28.7 Å². The van der Waals surface area contributed by atoms with Crippen LogP contribution in [0.2, 0.25) is 0 Å². The number of benzene rings is 1. The van der Waals surface area contributed by atoms with Gasteiger partial charge < -0.3 is 14.6 Å². The van der Waals surface area contributed by atoms with E-state index >= 15 is 0 Å². The van der Waals surface area contributed by atoms with Crippen LogP contribution in [0.4, 0.5) is 5.13 Å². The second-order valence-corrected chi connectivity index (χ2v) is 8.85. The van der Waals surface area contributed by atoms with Gasteiger partial charge in [0.15, 0.2) is 16.1 Å². The van der Waals surface area contributed by atoms with Crippen molar-refractivity contribution >= 4 is 34.1 Å². The second kappa shape index (κ2) is 9.41. The van der Waals surface area contributed by atoms with Gasteiger partial charge in [0.2, 0.25) is 5.91 Å². The van der Waals surface area contributed by atoms with Crippen molar-refractivity contribution < 1.29 is 9.53 Å². The Morgan fingerprint density at radius 2 is 2.07 bits per heavy atom. The van der Waals surface area contributed by atoms with Crippen molar-refractivity contribution in [3.05, 3.63) is 46.2 Å². The first kappa shape index (κ1) is 21.3. The molecule has 0 fully saturated rings. The molecule has 7 nitrogen and oxygen atoms in total. The lowest BCUT2D eigenvalue weighted by molar-refractivity contribution is -0.113. The van der Waals surface area contributed by atoms with Crippen molar-refractivity contribution in [2.75, 3.05) is 11.1 Å². The Balaban J connectivity index is 1.64. The first-order valence-electron chi connectivity index (χ1n) is 9.32. The molecule has 0 saturated heterocycles. The van der Waals surface area contributed by atoms with Crippen LogP contribution in [-0.2, 0) is 11.4 Å². The highest BCUT2D eigenvalue weighted by molar-refractivity contribution is 7.99. The number of thioether (sulfide) groups is 1. The number of nitrogens with zero attached hydrogens (tertiary/aromatic N) is 4. The zero-order chi connectivity index (χ0) is 21.0. The second-order valence-electron chi connectivity index (χ2n) is 7.05. The van der Waals surface area contributed by atoms with E-state index in [-0.39, 0.29) is 17.7 Å². The number of aryl methyl sites for hydroxylation is 3. The van der Waals surface area contributed by atoms with Gasteiger partial charge in [0.25, 0.3) is 0 Å². The molecule has 29 heavy (non-hydrogen) atoms. The SMILES string of the molecule is Cc1ccc(OCc2nnc(SCC(=O)Nc3nc(C)cs3)n2C(C)C)c(C)c1. The molecule has 0 saturated carbocycles. The predicted octanol–water partition coefficient (Wildman–Crippen LogP) is 4.55. The zero-order valence-corrected chi connectivity index (χ0v) is 18.9. The molecule has 2 heterocycles. The number of ether oxygens (including phenoxy) is 1. The average molecular weight is 432 g/mol. The molecule has 3 aromatic rings. The summed E-state index contributed by atoms with van der Waals surface area (Å²) in [5.74, 6) is 1.69. The summed E-state index contributed by atoms with van der Waals surface area (Å²) in [5, 5.41) is 14.6. The molecule has 1 N–H and O–H groups in total. The Bertz CT molecular complexity index is 997. The van der Waals surface area contributed by atoms with Gasteiger partial charge in [-0.15, -0.1) is 21.5 Å². The highest BCUT2D eigenvalue weighted by Gasteiger charge is 2.17. The normalized spacial score (nSPS) is 11.1. The number of anilines is 1. The van der Waals surface area contributed by atoms with Crippen LogP contribution in [0.5, 0.6) is 5.75 Å². The molecule has 2 aromatic heterocycles. The van der Waals surface area contributed by atoms with E-state index in [0.29, 0.717) is 16.9 Å². The summed E-state index contributed by atoms with van der Waals surface area (Å²) in [6.07, 6.45) is 0. The van der Waals surface area contributed by atoms with Crippen molar-refractivity contribution in [2.24, 2.45) is 0 Å². The van der Waals surface area contributed by atoms with Crippen LogP contribution in [0.25, 0.3) is 0 Å². The lowest BCUT2D eigenvalue weighted by atomic mass is 10.1. The predicted molar refractivity (Wildman–Crippen MR) is 117 cm³/mol. The third kappa shape index (κ3) is 5.57. The number of nitrogens with one attached hydrogen (secondary N) is 1. The number of hydrogen-bond acceptors (Lipinski definition) is 7. The molecule has 3 rings (SSSR count). The quantitative estimate of drug-likeness (QED) is 0.527. The van der Waals surface area contributed by atoms with E-state index in [1.807, 2.05) is 35.9 Å². The number of thiazole rings is 1. The lowest BCUT2D eigenvalue weighted by Gasteiger charge is -2.15. The first-order chi connectivity index (χ1) is 13.8. The molecule has 0 unspecified atom stereocenters. The van der Waals surface area contributed by atoms with Gasteiger partial charge in [-0.2, -0.15) is 0 Å². The largest absolute Gasteiger partial charge is 0.485 e. The van der Waals surface area contributed by atoms with Crippen LogP contribution >= 0.6 is 23.1 Å². The summed E-state index contributed by atoms with van der Waals surface area (Å²) >= 11 is 2.77. The molecule has 0 bridgehead atoms. The summed E-state index contributed by atoms with van der Waals surface area (Å²) in [6.45, 7) is 10.4. The Morgan fingerprint density at radius 1 is 1.28 bits per heavy atom. The summed E-state index contributed by atoms with van der Waals surface area (Å²) in [6, 6.07) is 6.24. The number of aromatic nitrogens is 4. The van der Waals surface area contributed by atoms with Crippen molar-refractivity contribution in [1.82, 2.24) is 19.7 Å². The zero-order valence-electron chi connectivity index (χ0n) is 17.2. The van der Waals surface area contributed by atoms with Gasteiger partial charge in [-0.05, 0) is 46.2 Å². The minimum atomic E-state index is -0.115. The number of hydrogen-bond donors (Lipinski definition) is 1. The molecule has 0 aliphatic rings. The van der Waals surface area contributed by atoms with Gasteiger partial charge in [0, 0.05) is 11.4 Å². The van der Waals surface area contributed by atoms with Crippen molar-refractivity contribution in [3.8, 4) is 5.75 Å². The third-order valence-electron chi connectivity index (χ3n) is 4.14. The lowest BCUT2D eigenvalue weighted by Crippen LogP contribution is -2.15. The van der Waals surface area contributed by atoms with E-state index in [4.69, 9.17) is 4.74 Å². The molecular formula is C20H25N5O2S2. The van der Waals surface area contributed by atoms with Crippen LogP contribution in [0.1, 0.15) is 42.5 Å². The molecular weight excluding hydrogens is 406 g/mol. The minimum absolute atomic E-state index is 0.115. The van der Waals surface area contributed by atoms with Crippen LogP contribution < -0.4 is 10.1 Å². The maximum Gasteiger partial charge on any atom is 0.236 e. The molecule has 0 aliphatic heterocycles. The van der Waals surface area contributed by atoms with Crippen LogP contribution in [0.15, 0.2) is 28.7 Å². The Labute approximate surface area is 178 Å². The van der Waals surface area contributed by atoms with E-state index in [0.717, 1.165) is 22.8 Å². The number of carbonyl (C=O) groups is 1. The number of carbonyl (C=O) groups excluding carboxylic acids is 1. The van der Waals surface area contributed by atoms with Gasteiger partial charge in [-0.1, -0.05) is 29.5 Å².